The molecule has 0 amide bonds. The molecule has 6 rings (SSSR count). The summed E-state index contributed by atoms with van der Waals surface area (Å²) in [6, 6.07) is 39.3. The average molecular weight is 478 g/mol. The molecule has 0 unspecified atom stereocenters. The molecule has 1 nitrogen and oxygen atoms in total. The number of hydrogen-bond acceptors (Lipinski definition) is 2. The number of thiophene rings is 1. The van der Waals surface area contributed by atoms with Crippen LogP contribution in [0.1, 0.15) is 5.56 Å². The van der Waals surface area contributed by atoms with Gasteiger partial charge in [-0.25, -0.2) is 0 Å². The van der Waals surface area contributed by atoms with Crippen molar-refractivity contribution in [3.63, 3.8) is 0 Å². The summed E-state index contributed by atoms with van der Waals surface area (Å²) in [5.41, 5.74) is 6.70. The quantitative estimate of drug-likeness (QED) is 0.179. The summed E-state index contributed by atoms with van der Waals surface area (Å²) >= 11 is 1.86. The number of rotatable bonds is 5. The number of allylic oxidation sites excluding steroid dienone is 3. The van der Waals surface area contributed by atoms with Gasteiger partial charge in [-0.1, -0.05) is 110 Å². The SMILES string of the molecule is C=C/C(C#N)=C\Cc1cccc(-c2ccc3c(c2)sc2cc(-c4ccccc4)c4ccccc4c23)c1. The highest BCUT2D eigenvalue weighted by molar-refractivity contribution is 7.26. The van der Waals surface area contributed by atoms with Crippen LogP contribution in [-0.2, 0) is 6.42 Å². The van der Waals surface area contributed by atoms with Gasteiger partial charge in [0.2, 0.25) is 0 Å². The predicted molar refractivity (Wildman–Crippen MR) is 155 cm³/mol. The van der Waals surface area contributed by atoms with Gasteiger partial charge >= 0.3 is 0 Å². The first-order chi connectivity index (χ1) is 17.7. The van der Waals surface area contributed by atoms with Gasteiger partial charge in [0.1, 0.15) is 0 Å². The fourth-order valence-electron chi connectivity index (χ4n) is 4.96. The van der Waals surface area contributed by atoms with Gasteiger partial charge in [0.05, 0.1) is 6.07 Å². The molecule has 0 aliphatic heterocycles. The molecule has 0 aliphatic rings. The van der Waals surface area contributed by atoms with Gasteiger partial charge in [-0.2, -0.15) is 5.26 Å². The standard InChI is InChI=1S/C34H23NS/c1-2-23(22-35)15-16-24-9-8-12-26(19-24)27-17-18-30-32(20-27)36-33-21-31(25-10-4-3-5-11-25)28-13-6-7-14-29(28)34(30)33/h2-15,17-21H,1,16H2/b23-15+. The fraction of sp³-hybridized carbons (Fsp3) is 0.0294. The number of nitrogens with zero attached hydrogens (tertiary/aromatic N) is 1. The van der Waals surface area contributed by atoms with E-state index in [1.807, 2.05) is 17.4 Å². The lowest BCUT2D eigenvalue weighted by atomic mass is 9.94. The Morgan fingerprint density at radius 3 is 2.28 bits per heavy atom. The lowest BCUT2D eigenvalue weighted by Crippen LogP contribution is -1.85. The summed E-state index contributed by atoms with van der Waals surface area (Å²) in [6.07, 6.45) is 4.24. The minimum atomic E-state index is 0.606. The third-order valence-corrected chi connectivity index (χ3v) is 7.83. The largest absolute Gasteiger partial charge is 0.192 e. The molecule has 0 N–H and O–H groups in total. The van der Waals surface area contributed by atoms with E-state index in [4.69, 9.17) is 5.26 Å². The smallest absolute Gasteiger partial charge is 0.0988 e. The predicted octanol–water partition coefficient (Wildman–Crippen LogP) is 9.72. The van der Waals surface area contributed by atoms with E-state index in [2.05, 4.69) is 116 Å². The zero-order valence-electron chi connectivity index (χ0n) is 19.7. The lowest BCUT2D eigenvalue weighted by molar-refractivity contribution is 1.26. The molecular weight excluding hydrogens is 454 g/mol. The molecule has 0 radical (unpaired) electrons. The Morgan fingerprint density at radius 1 is 0.722 bits per heavy atom. The third-order valence-electron chi connectivity index (χ3n) is 6.73. The monoisotopic (exact) mass is 477 g/mol. The first kappa shape index (κ1) is 22.0. The second-order valence-electron chi connectivity index (χ2n) is 8.90. The summed E-state index contributed by atoms with van der Waals surface area (Å²) in [5, 5.41) is 14.4. The van der Waals surface area contributed by atoms with Crippen LogP contribution in [-0.4, -0.2) is 0 Å². The van der Waals surface area contributed by atoms with Crippen LogP contribution in [0.2, 0.25) is 0 Å². The van der Waals surface area contributed by atoms with Crippen LogP contribution >= 0.6 is 11.3 Å². The minimum absolute atomic E-state index is 0.606. The summed E-state index contributed by atoms with van der Waals surface area (Å²) < 4.78 is 2.61. The van der Waals surface area contributed by atoms with E-state index < -0.39 is 0 Å². The van der Waals surface area contributed by atoms with Crippen molar-refractivity contribution in [1.29, 1.82) is 5.26 Å². The van der Waals surface area contributed by atoms with E-state index in [0.29, 0.717) is 12.0 Å². The van der Waals surface area contributed by atoms with Crippen LogP contribution in [0.3, 0.4) is 0 Å². The van der Waals surface area contributed by atoms with E-state index >= 15 is 0 Å². The van der Waals surface area contributed by atoms with Crippen LogP contribution in [0.25, 0.3) is 53.2 Å². The molecule has 0 fully saturated rings. The van der Waals surface area contributed by atoms with Gasteiger partial charge in [-0.05, 0) is 57.1 Å². The van der Waals surface area contributed by atoms with Gasteiger partial charge in [-0.3, -0.25) is 0 Å². The van der Waals surface area contributed by atoms with Crippen LogP contribution in [0.4, 0.5) is 0 Å². The molecule has 5 aromatic carbocycles. The molecular formula is C34H23NS. The van der Waals surface area contributed by atoms with E-state index in [1.54, 1.807) is 6.08 Å². The number of nitriles is 1. The van der Waals surface area contributed by atoms with Crippen molar-refractivity contribution in [2.45, 2.75) is 6.42 Å². The second kappa shape index (κ2) is 9.30. The van der Waals surface area contributed by atoms with E-state index in [9.17, 15) is 0 Å². The molecule has 170 valence electrons. The highest BCUT2D eigenvalue weighted by Crippen LogP contribution is 2.43. The van der Waals surface area contributed by atoms with Gasteiger partial charge < -0.3 is 0 Å². The maximum Gasteiger partial charge on any atom is 0.0988 e. The summed E-state index contributed by atoms with van der Waals surface area (Å²) in [7, 11) is 0. The van der Waals surface area contributed by atoms with Crippen LogP contribution in [0, 0.1) is 11.3 Å². The van der Waals surface area contributed by atoms with Crippen molar-refractivity contribution in [2.75, 3.05) is 0 Å². The normalized spacial score (nSPS) is 11.7. The molecule has 6 aromatic rings. The Hall–Kier alpha value is -4.45. The molecule has 1 heterocycles. The molecule has 0 saturated carbocycles. The highest BCUT2D eigenvalue weighted by atomic mass is 32.1. The molecule has 36 heavy (non-hydrogen) atoms. The molecule has 0 bridgehead atoms. The Kier molecular flexibility index (Phi) is 5.70. The average Bonchev–Trinajstić information content (AvgIpc) is 3.32. The van der Waals surface area contributed by atoms with Crippen LogP contribution in [0.5, 0.6) is 0 Å². The van der Waals surface area contributed by atoms with Gasteiger partial charge in [0, 0.05) is 25.7 Å². The first-order valence-corrected chi connectivity index (χ1v) is 12.8. The van der Waals surface area contributed by atoms with Crippen LogP contribution < -0.4 is 0 Å². The number of fused-ring (bicyclic) bond motifs is 5. The van der Waals surface area contributed by atoms with Gasteiger partial charge in [0.25, 0.3) is 0 Å². The molecule has 0 spiro atoms. The second-order valence-corrected chi connectivity index (χ2v) is 9.99. The van der Waals surface area contributed by atoms with Crippen molar-refractivity contribution in [2.24, 2.45) is 0 Å². The van der Waals surface area contributed by atoms with Crippen molar-refractivity contribution >= 4 is 42.3 Å². The van der Waals surface area contributed by atoms with Crippen molar-refractivity contribution < 1.29 is 0 Å². The highest BCUT2D eigenvalue weighted by Gasteiger charge is 2.14. The number of hydrogen-bond donors (Lipinski definition) is 0. The summed E-state index contributed by atoms with van der Waals surface area (Å²) in [6.45, 7) is 3.71. The Balaban J connectivity index is 1.49. The first-order valence-electron chi connectivity index (χ1n) is 12.0. The van der Waals surface area contributed by atoms with Gasteiger partial charge in [-0.15, -0.1) is 11.3 Å². The van der Waals surface area contributed by atoms with E-state index in [0.717, 1.165) is 0 Å². The Bertz CT molecular complexity index is 1830. The third kappa shape index (κ3) is 3.90. The Labute approximate surface area is 214 Å². The molecule has 0 saturated heterocycles. The summed E-state index contributed by atoms with van der Waals surface area (Å²) in [4.78, 5) is 0. The van der Waals surface area contributed by atoms with Crippen molar-refractivity contribution in [3.05, 3.63) is 133 Å². The zero-order chi connectivity index (χ0) is 24.5. The van der Waals surface area contributed by atoms with Crippen LogP contribution in [0.15, 0.2) is 127 Å². The molecule has 0 atom stereocenters. The minimum Gasteiger partial charge on any atom is -0.192 e. The maximum atomic E-state index is 9.16. The zero-order valence-corrected chi connectivity index (χ0v) is 20.6. The molecule has 0 aliphatic carbocycles. The Morgan fingerprint density at radius 2 is 1.47 bits per heavy atom. The molecule has 2 heteroatoms. The van der Waals surface area contributed by atoms with E-state index in [-0.39, 0.29) is 0 Å². The lowest BCUT2D eigenvalue weighted by Gasteiger charge is -2.09. The molecule has 1 aromatic heterocycles. The summed E-state index contributed by atoms with van der Waals surface area (Å²) in [5.74, 6) is 0. The number of benzene rings is 5. The topological polar surface area (TPSA) is 23.8 Å². The van der Waals surface area contributed by atoms with E-state index in [1.165, 1.54) is 58.8 Å². The van der Waals surface area contributed by atoms with Crippen molar-refractivity contribution in [1.82, 2.24) is 0 Å². The van der Waals surface area contributed by atoms with Gasteiger partial charge in [0.15, 0.2) is 0 Å². The van der Waals surface area contributed by atoms with Crippen molar-refractivity contribution in [3.8, 4) is 28.3 Å². The maximum absolute atomic E-state index is 9.16. The fourth-order valence-corrected chi connectivity index (χ4v) is 6.16.